The molecule has 0 bridgehead atoms. The number of fused-ring (bicyclic) bond motifs is 18. The van der Waals surface area contributed by atoms with Gasteiger partial charge in [0.1, 0.15) is 0 Å². The van der Waals surface area contributed by atoms with Crippen LogP contribution in [-0.2, 0) is 93.1 Å². The van der Waals surface area contributed by atoms with Crippen molar-refractivity contribution in [3.8, 4) is 33.4 Å². The second kappa shape index (κ2) is 31.5. The lowest BCUT2D eigenvalue weighted by Gasteiger charge is -2.49. The lowest BCUT2D eigenvalue weighted by molar-refractivity contribution is 0.310. The first-order valence-electron chi connectivity index (χ1n) is 56.9. The summed E-state index contributed by atoms with van der Waals surface area (Å²) in [7, 11) is 0. The summed E-state index contributed by atoms with van der Waals surface area (Å²) in [5.41, 5.74) is 52.9. The predicted molar refractivity (Wildman–Crippen MR) is 638 cm³/mol. The highest BCUT2D eigenvalue weighted by atomic mass is 32.1. The molecule has 0 amide bonds. The second-order valence-corrected chi connectivity index (χ2v) is 61.0. The fourth-order valence-electron chi connectivity index (χ4n) is 31.2. The van der Waals surface area contributed by atoms with E-state index < -0.39 is 0 Å². The fraction of sp³-hybridized carbons (Fsp3) is 0.468. The molecular weight excluding hydrogens is 1810 g/mol. The van der Waals surface area contributed by atoms with Gasteiger partial charge in [-0.25, -0.2) is 0 Å². The van der Waals surface area contributed by atoms with Gasteiger partial charge < -0.3 is 19.6 Å². The zero-order chi connectivity index (χ0) is 104. The van der Waals surface area contributed by atoms with E-state index in [-0.39, 0.29) is 100 Å². The van der Waals surface area contributed by atoms with Crippen LogP contribution in [-0.4, -0.2) is 13.4 Å². The summed E-state index contributed by atoms with van der Waals surface area (Å²) < 4.78 is 0. The van der Waals surface area contributed by atoms with Crippen molar-refractivity contribution >= 4 is 136 Å². The summed E-state index contributed by atoms with van der Waals surface area (Å²) >= 11 is 4.30. The van der Waals surface area contributed by atoms with Crippen LogP contribution in [0.15, 0.2) is 194 Å². The van der Waals surface area contributed by atoms with E-state index in [1.165, 1.54) is 219 Å². The van der Waals surface area contributed by atoms with Crippen molar-refractivity contribution < 1.29 is 0 Å². The van der Waals surface area contributed by atoms with Crippen LogP contribution >= 0.6 is 22.7 Å². The first kappa shape index (κ1) is 97.9. The maximum absolute atomic E-state index is 2.91. The minimum Gasteiger partial charge on any atom is -0.311 e. The van der Waals surface area contributed by atoms with Crippen molar-refractivity contribution in [1.29, 1.82) is 0 Å². The summed E-state index contributed by atoms with van der Waals surface area (Å²) in [5.74, 6) is 0. The van der Waals surface area contributed by atoms with E-state index in [1.54, 1.807) is 31.9 Å². The molecule has 11 aromatic carbocycles. The van der Waals surface area contributed by atoms with Crippen molar-refractivity contribution in [3.05, 3.63) is 293 Å². The summed E-state index contributed by atoms with van der Waals surface area (Å²) in [6.45, 7) is 81.8. The summed E-state index contributed by atoms with van der Waals surface area (Å²) in [4.78, 5) is 14.7. The lowest BCUT2D eigenvalue weighted by Crippen LogP contribution is -2.63. The Labute approximate surface area is 892 Å². The van der Waals surface area contributed by atoms with Crippen LogP contribution in [0.5, 0.6) is 0 Å². The minimum atomic E-state index is -0.260. The van der Waals surface area contributed by atoms with Crippen molar-refractivity contribution in [1.82, 2.24) is 0 Å². The number of hydrogen-bond acceptors (Lipinski definition) is 6. The molecule has 13 aromatic rings. The van der Waals surface area contributed by atoms with Crippen LogP contribution in [0.3, 0.4) is 0 Å². The molecule has 4 aliphatic heterocycles. The molecule has 6 heterocycles. The third kappa shape index (κ3) is 14.5. The van der Waals surface area contributed by atoms with Gasteiger partial charge >= 0.3 is 0 Å². The Morgan fingerprint density at radius 3 is 0.932 bits per heavy atom. The first-order chi connectivity index (χ1) is 68.7. The first-order valence-corrected chi connectivity index (χ1v) is 58.5. The van der Waals surface area contributed by atoms with Gasteiger partial charge in [-0.05, 0) is 431 Å². The Bertz CT molecular complexity index is 7780. The number of nitrogens with zero attached hydrogens (tertiary/aromatic N) is 4. The van der Waals surface area contributed by atoms with Crippen LogP contribution < -0.4 is 52.4 Å². The standard InChI is InChI=1S/C139H162B2N4S2/c1-82-67-94-99(131(16,17)58-55-126(94,6)7)77-106(82)144-108-79-101-98(130(14,15)57-60-133(101,20)21)75-104(108)140-116-111(143(90-48-50-93-96(73-90)128(10,11)54-52-125(93,4)5)122-118(140)114-120(146-122)137(28,29)63-61-135(114,24)25)69-88(71-112(116)144)85-45-43-83(44-46-85)81-139(32)66-65-134(22,23)102-80-109-105(76-103(102)139)141-117-110(142(89-47-49-92-95(72-89)127(8,9)53-51-124(92,2)3)123-119(141)115-121(147-123)138(30,31)64-62-136(115,26)27)68-87(84-39-35-33-36-40-84)70-113(117)145(109)107-78-100-97(129(12,13)56-59-132(100,18)19)74-91(107)86-41-37-34-38-42-86/h33-50,67-80H,51-66,81H2,1-32H3. The summed E-state index contributed by atoms with van der Waals surface area (Å²) in [5, 5.41) is 2.83. The predicted octanol–water partition coefficient (Wildman–Crippen LogP) is 35.3. The average molecular weight is 1970 g/mol. The van der Waals surface area contributed by atoms with E-state index in [4.69, 9.17) is 0 Å². The zero-order valence-corrected chi connectivity index (χ0v) is 96.9. The van der Waals surface area contributed by atoms with E-state index in [2.05, 4.69) is 458 Å². The molecule has 0 radical (unpaired) electrons. The molecule has 1 atom stereocenters. The van der Waals surface area contributed by atoms with E-state index in [9.17, 15) is 0 Å². The second-order valence-electron chi connectivity index (χ2n) is 59.0. The molecule has 0 N–H and O–H groups in total. The molecule has 4 nitrogen and oxygen atoms in total. The van der Waals surface area contributed by atoms with Crippen LogP contribution in [0.4, 0.5) is 66.9 Å². The molecule has 8 aliphatic carbocycles. The van der Waals surface area contributed by atoms with E-state index in [0.717, 1.165) is 89.9 Å². The summed E-state index contributed by atoms with van der Waals surface area (Å²) in [6.07, 6.45) is 19.2. The van der Waals surface area contributed by atoms with Gasteiger partial charge in [-0.1, -0.05) is 330 Å². The molecular formula is C139H162B2N4S2. The van der Waals surface area contributed by atoms with Crippen LogP contribution in [0.2, 0.25) is 0 Å². The van der Waals surface area contributed by atoms with Gasteiger partial charge in [0.2, 0.25) is 0 Å². The summed E-state index contributed by atoms with van der Waals surface area (Å²) in [6, 6.07) is 82.1. The van der Waals surface area contributed by atoms with Gasteiger partial charge in [0, 0.05) is 66.5 Å². The largest absolute Gasteiger partial charge is 0.311 e. The van der Waals surface area contributed by atoms with Crippen LogP contribution in [0.25, 0.3) is 33.4 Å². The van der Waals surface area contributed by atoms with E-state index >= 15 is 0 Å². The number of hydrogen-bond donors (Lipinski definition) is 0. The van der Waals surface area contributed by atoms with Gasteiger partial charge in [-0.3, -0.25) is 0 Å². The van der Waals surface area contributed by atoms with E-state index in [1.807, 2.05) is 0 Å². The fourth-order valence-corrected chi connectivity index (χ4v) is 34.5. The highest BCUT2D eigenvalue weighted by molar-refractivity contribution is 7.21. The average Bonchev–Trinajstić information content (AvgIpc) is 1.56. The van der Waals surface area contributed by atoms with Gasteiger partial charge in [0.05, 0.1) is 15.7 Å². The molecule has 147 heavy (non-hydrogen) atoms. The Kier molecular flexibility index (Phi) is 21.0. The normalized spacial score (nSPS) is 22.9. The van der Waals surface area contributed by atoms with Gasteiger partial charge in [0.15, 0.2) is 0 Å². The van der Waals surface area contributed by atoms with Gasteiger partial charge in [-0.2, -0.15) is 0 Å². The van der Waals surface area contributed by atoms with Crippen molar-refractivity contribution in [2.45, 2.75) is 417 Å². The SMILES string of the molecule is Cc1cc2c(cc1N1c3cc4c(cc3B3c5c1cc(-c1ccc(CC6(C)CCC(C)(C)c7cc8c(cc76)B6c7c(cc(-c9ccccc9)cc7N(c7ccc9c(c7)C(C)(C)CCC9(C)C)c7sc9c(c76)C(C)(C)CCC9(C)C)N8c6cc7c(cc6-c6ccccc6)C(C)(C)CCC7(C)C)cc1)cc5N(c1ccc5c(c1)C(C)(C)CCC5(C)C)c1sc5c(c13)C(C)(C)CCC5(C)C)C(C)(C)CCC4(C)C)C(C)(C)CCC2(C)C. The number of anilines is 12. The molecule has 12 aliphatic rings. The Hall–Kier alpha value is -9.85. The van der Waals surface area contributed by atoms with Crippen molar-refractivity contribution in [2.24, 2.45) is 0 Å². The number of thiophene rings is 2. The third-order valence-corrected chi connectivity index (χ3v) is 44.9. The van der Waals surface area contributed by atoms with Gasteiger partial charge in [-0.15, -0.1) is 22.7 Å². The smallest absolute Gasteiger partial charge is 0.253 e. The molecule has 0 spiro atoms. The van der Waals surface area contributed by atoms with Crippen molar-refractivity contribution in [3.63, 3.8) is 0 Å². The minimum absolute atomic E-state index is 0.00630. The number of rotatable bonds is 9. The topological polar surface area (TPSA) is 13.0 Å². The molecule has 2 aromatic heterocycles. The quantitative estimate of drug-likeness (QED) is 0.134. The Morgan fingerprint density at radius 2 is 0.524 bits per heavy atom. The molecule has 8 heteroatoms. The molecule has 0 saturated carbocycles. The number of aryl methyl sites for hydroxylation is 1. The third-order valence-electron chi connectivity index (χ3n) is 41.8. The monoisotopic (exact) mass is 1970 g/mol. The molecule has 1 unspecified atom stereocenters. The van der Waals surface area contributed by atoms with Crippen molar-refractivity contribution in [2.75, 3.05) is 19.6 Å². The Balaban J connectivity index is 0.726. The molecule has 756 valence electrons. The van der Waals surface area contributed by atoms with Crippen LogP contribution in [0.1, 0.15) is 416 Å². The van der Waals surface area contributed by atoms with Crippen LogP contribution in [0, 0.1) is 6.92 Å². The number of benzene rings is 11. The lowest BCUT2D eigenvalue weighted by atomic mass is 9.32. The maximum Gasteiger partial charge on any atom is 0.253 e. The Morgan fingerprint density at radius 1 is 0.224 bits per heavy atom. The molecule has 0 fully saturated rings. The van der Waals surface area contributed by atoms with E-state index in [0.29, 0.717) is 0 Å². The van der Waals surface area contributed by atoms with Gasteiger partial charge in [0.25, 0.3) is 13.4 Å². The highest BCUT2D eigenvalue weighted by Gasteiger charge is 2.58. The zero-order valence-electron chi connectivity index (χ0n) is 95.3. The highest BCUT2D eigenvalue weighted by Crippen LogP contribution is 2.65. The molecule has 25 rings (SSSR count). The molecule has 0 saturated heterocycles. The maximum atomic E-state index is 2.91.